The largest absolute Gasteiger partial charge is 0.305 e. The van der Waals surface area contributed by atoms with E-state index >= 15 is 0 Å². The van der Waals surface area contributed by atoms with Crippen molar-refractivity contribution in [1.29, 1.82) is 0 Å². The van der Waals surface area contributed by atoms with Crippen molar-refractivity contribution in [2.24, 2.45) is 0 Å². The van der Waals surface area contributed by atoms with Crippen LogP contribution in [0.25, 0.3) is 11.0 Å². The first kappa shape index (κ1) is 14.4. The predicted molar refractivity (Wildman–Crippen MR) is 93.0 cm³/mol. The highest BCUT2D eigenvalue weighted by Gasteiger charge is 2.28. The molecule has 1 aromatic heterocycles. The van der Waals surface area contributed by atoms with Crippen molar-refractivity contribution in [3.63, 3.8) is 0 Å². The fourth-order valence-corrected chi connectivity index (χ4v) is 3.88. The Labute approximate surface area is 138 Å². The molecule has 1 saturated heterocycles. The Kier molecular flexibility index (Phi) is 4.13. The summed E-state index contributed by atoms with van der Waals surface area (Å²) in [7, 11) is 0. The smallest absolute Gasteiger partial charge is 0.143 e. The highest BCUT2D eigenvalue weighted by molar-refractivity contribution is 14.1. The molecule has 0 aliphatic carbocycles. The van der Waals surface area contributed by atoms with Crippen molar-refractivity contribution in [3.05, 3.63) is 27.6 Å². The summed E-state index contributed by atoms with van der Waals surface area (Å²) in [6.07, 6.45) is 3.77. The van der Waals surface area contributed by atoms with Crippen LogP contribution in [0.1, 0.15) is 38.9 Å². The van der Waals surface area contributed by atoms with E-state index in [1.165, 1.54) is 28.3 Å². The second-order valence-electron chi connectivity index (χ2n) is 5.62. The third kappa shape index (κ3) is 2.41. The second kappa shape index (κ2) is 5.72. The summed E-state index contributed by atoms with van der Waals surface area (Å²) >= 11 is 8.47. The van der Waals surface area contributed by atoms with Crippen LogP contribution >= 0.6 is 34.2 Å². The van der Waals surface area contributed by atoms with Gasteiger partial charge in [-0.3, -0.25) is 0 Å². The minimum absolute atomic E-state index is 0.446. The Hall–Kier alpha value is -0.490. The summed E-state index contributed by atoms with van der Waals surface area (Å²) in [5.74, 6) is 1.39. The molecule has 0 bridgehead atoms. The zero-order chi connectivity index (χ0) is 14.3. The molecule has 5 heteroatoms. The highest BCUT2D eigenvalue weighted by atomic mass is 127. The first-order chi connectivity index (χ1) is 9.61. The molecular formula is C15H19ClIN3. The molecule has 3 nitrogen and oxygen atoms in total. The van der Waals surface area contributed by atoms with Gasteiger partial charge in [0.1, 0.15) is 5.82 Å². The summed E-state index contributed by atoms with van der Waals surface area (Å²) in [5.41, 5.74) is 2.21. The molecule has 1 aliphatic rings. The van der Waals surface area contributed by atoms with E-state index in [2.05, 4.69) is 64.3 Å². The van der Waals surface area contributed by atoms with Crippen LogP contribution in [0.3, 0.4) is 0 Å². The van der Waals surface area contributed by atoms with Gasteiger partial charge >= 0.3 is 0 Å². The third-order valence-corrected chi connectivity index (χ3v) is 5.07. The second-order valence-corrected chi connectivity index (χ2v) is 7.13. The zero-order valence-corrected chi connectivity index (χ0v) is 14.7. The maximum Gasteiger partial charge on any atom is 0.143 e. The molecule has 2 aromatic rings. The lowest BCUT2D eigenvalue weighted by Crippen LogP contribution is -2.51. The maximum absolute atomic E-state index is 6.15. The van der Waals surface area contributed by atoms with Crippen LogP contribution in [0.5, 0.6) is 0 Å². The van der Waals surface area contributed by atoms with Gasteiger partial charge in [0.15, 0.2) is 0 Å². The van der Waals surface area contributed by atoms with Crippen LogP contribution in [0, 0.1) is 3.57 Å². The Morgan fingerprint density at radius 2 is 2.00 bits per heavy atom. The van der Waals surface area contributed by atoms with E-state index < -0.39 is 0 Å². The molecule has 108 valence electrons. The van der Waals surface area contributed by atoms with Crippen molar-refractivity contribution >= 4 is 45.2 Å². The van der Waals surface area contributed by atoms with Gasteiger partial charge in [0.05, 0.1) is 16.9 Å². The maximum atomic E-state index is 6.15. The van der Waals surface area contributed by atoms with Crippen molar-refractivity contribution in [1.82, 2.24) is 9.66 Å². The Morgan fingerprint density at radius 3 is 2.65 bits per heavy atom. The van der Waals surface area contributed by atoms with Crippen LogP contribution in [0.2, 0.25) is 0 Å². The van der Waals surface area contributed by atoms with E-state index in [1.54, 1.807) is 0 Å². The third-order valence-electron chi connectivity index (χ3n) is 4.16. The topological polar surface area (TPSA) is 21.1 Å². The Morgan fingerprint density at radius 1 is 1.30 bits per heavy atom. The highest BCUT2D eigenvalue weighted by Crippen LogP contribution is 2.27. The molecule has 1 aromatic carbocycles. The lowest BCUT2D eigenvalue weighted by Gasteiger charge is -2.42. The number of fused-ring (bicyclic) bond motifs is 1. The lowest BCUT2D eigenvalue weighted by atomic mass is 10.00. The number of imidazole rings is 1. The van der Waals surface area contributed by atoms with Gasteiger partial charge in [0.25, 0.3) is 0 Å². The summed E-state index contributed by atoms with van der Waals surface area (Å²) in [6.45, 7) is 4.60. The van der Waals surface area contributed by atoms with Crippen LogP contribution < -0.4 is 5.01 Å². The zero-order valence-electron chi connectivity index (χ0n) is 11.8. The molecular weight excluding hydrogens is 385 g/mol. The monoisotopic (exact) mass is 403 g/mol. The van der Waals surface area contributed by atoms with Crippen LogP contribution in [0.4, 0.5) is 0 Å². The minimum Gasteiger partial charge on any atom is -0.305 e. The van der Waals surface area contributed by atoms with E-state index in [0.717, 1.165) is 11.3 Å². The molecule has 0 spiro atoms. The number of benzene rings is 1. The fraction of sp³-hybridized carbons (Fsp3) is 0.533. The molecule has 3 rings (SSSR count). The van der Waals surface area contributed by atoms with E-state index in [-0.39, 0.29) is 0 Å². The van der Waals surface area contributed by atoms with E-state index in [4.69, 9.17) is 16.6 Å². The Bertz CT molecular complexity index is 615. The minimum atomic E-state index is 0.446. The molecule has 0 N–H and O–H groups in total. The number of rotatable bonds is 2. The quantitative estimate of drug-likeness (QED) is 0.551. The molecule has 1 fully saturated rings. The van der Waals surface area contributed by atoms with Gasteiger partial charge in [-0.05, 0) is 73.9 Å². The van der Waals surface area contributed by atoms with Gasteiger partial charge in [-0.2, -0.15) is 0 Å². The summed E-state index contributed by atoms with van der Waals surface area (Å²) in [6, 6.07) is 7.48. The standard InChI is InChI=1S/C15H19ClIN3/c1-10-4-3-5-11(2)19(10)20-14-7-6-12(17)8-13(14)18-15(20)9-16/h6-8,10-11H,3-5,9H2,1-2H3. The van der Waals surface area contributed by atoms with Gasteiger partial charge in [-0.25, -0.2) is 9.66 Å². The van der Waals surface area contributed by atoms with Crippen molar-refractivity contribution < 1.29 is 0 Å². The molecule has 2 atom stereocenters. The normalized spacial score (nSPS) is 23.5. The number of aromatic nitrogens is 2. The Balaban J connectivity index is 2.18. The van der Waals surface area contributed by atoms with E-state index in [0.29, 0.717) is 18.0 Å². The number of hydrogen-bond acceptors (Lipinski definition) is 2. The molecule has 0 radical (unpaired) electrons. The molecule has 2 heterocycles. The average Bonchev–Trinajstić information content (AvgIpc) is 2.76. The van der Waals surface area contributed by atoms with Crippen LogP contribution in [-0.4, -0.2) is 21.7 Å². The van der Waals surface area contributed by atoms with E-state index in [1.807, 2.05) is 0 Å². The molecule has 0 amide bonds. The summed E-state index contributed by atoms with van der Waals surface area (Å²) in [5, 5.41) is 2.46. The molecule has 2 unspecified atom stereocenters. The summed E-state index contributed by atoms with van der Waals surface area (Å²) in [4.78, 5) is 4.72. The van der Waals surface area contributed by atoms with Crippen molar-refractivity contribution in [3.8, 4) is 0 Å². The first-order valence-electron chi connectivity index (χ1n) is 7.13. The average molecular weight is 404 g/mol. The number of alkyl halides is 1. The van der Waals surface area contributed by atoms with Gasteiger partial charge in [-0.1, -0.05) is 0 Å². The predicted octanol–water partition coefficient (Wildman–Crippen LogP) is 4.28. The van der Waals surface area contributed by atoms with Gasteiger partial charge < -0.3 is 5.01 Å². The fourth-order valence-electron chi connectivity index (χ4n) is 3.24. The first-order valence-corrected chi connectivity index (χ1v) is 8.74. The number of piperidine rings is 1. The molecule has 1 aliphatic heterocycles. The van der Waals surface area contributed by atoms with Gasteiger partial charge in [0, 0.05) is 15.7 Å². The molecule has 20 heavy (non-hydrogen) atoms. The number of hydrogen-bond donors (Lipinski definition) is 0. The lowest BCUT2D eigenvalue weighted by molar-refractivity contribution is 0.337. The van der Waals surface area contributed by atoms with Crippen LogP contribution in [0.15, 0.2) is 18.2 Å². The SMILES string of the molecule is CC1CCCC(C)N1n1c(CCl)nc2cc(I)ccc21. The molecule has 0 saturated carbocycles. The summed E-state index contributed by atoms with van der Waals surface area (Å²) < 4.78 is 3.47. The van der Waals surface area contributed by atoms with Crippen LogP contribution in [-0.2, 0) is 5.88 Å². The number of halogens is 2. The van der Waals surface area contributed by atoms with Crippen molar-refractivity contribution in [2.75, 3.05) is 5.01 Å². The van der Waals surface area contributed by atoms with E-state index in [9.17, 15) is 0 Å². The van der Waals surface area contributed by atoms with Crippen molar-refractivity contribution in [2.45, 2.75) is 51.1 Å². The van der Waals surface area contributed by atoms with Gasteiger partial charge in [0.2, 0.25) is 0 Å². The number of nitrogens with zero attached hydrogens (tertiary/aromatic N) is 3. The van der Waals surface area contributed by atoms with Gasteiger partial charge in [-0.15, -0.1) is 11.6 Å².